The van der Waals surface area contributed by atoms with Crippen LogP contribution in [0.1, 0.15) is 11.5 Å². The molecule has 0 aliphatic carbocycles. The van der Waals surface area contributed by atoms with Gasteiger partial charge in [0.2, 0.25) is 6.79 Å². The van der Waals surface area contributed by atoms with Crippen molar-refractivity contribution in [1.29, 1.82) is 5.26 Å². The lowest BCUT2D eigenvalue weighted by Crippen LogP contribution is -2.08. The fourth-order valence-corrected chi connectivity index (χ4v) is 2.31. The Morgan fingerprint density at radius 2 is 2.12 bits per heavy atom. The van der Waals surface area contributed by atoms with Gasteiger partial charge in [-0.25, -0.2) is 0 Å². The molecule has 2 aliphatic heterocycles. The lowest BCUT2D eigenvalue weighted by molar-refractivity contribution is 0.174. The van der Waals surface area contributed by atoms with E-state index in [-0.39, 0.29) is 11.8 Å². The summed E-state index contributed by atoms with van der Waals surface area (Å²) in [5, 5.41) is 12.3. The fourth-order valence-electron chi connectivity index (χ4n) is 2.31. The van der Waals surface area contributed by atoms with Crippen LogP contribution < -0.4 is 14.8 Å². The molecule has 82 valence electrons. The van der Waals surface area contributed by atoms with Crippen LogP contribution in [-0.4, -0.2) is 19.9 Å². The van der Waals surface area contributed by atoms with E-state index in [1.807, 2.05) is 18.2 Å². The molecule has 0 aromatic heterocycles. The number of benzene rings is 1. The Labute approximate surface area is 93.8 Å². The number of ether oxygens (including phenoxy) is 2. The summed E-state index contributed by atoms with van der Waals surface area (Å²) in [4.78, 5) is 0. The summed E-state index contributed by atoms with van der Waals surface area (Å²) in [6.07, 6.45) is 0. The molecule has 0 radical (unpaired) electrons. The molecule has 3 rings (SSSR count). The van der Waals surface area contributed by atoms with E-state index in [9.17, 15) is 0 Å². The molecule has 0 bridgehead atoms. The number of fused-ring (bicyclic) bond motifs is 1. The molecule has 2 aliphatic rings. The topological polar surface area (TPSA) is 54.3 Å². The number of nitrogens with one attached hydrogen (secondary N) is 1. The van der Waals surface area contributed by atoms with E-state index in [4.69, 9.17) is 14.7 Å². The van der Waals surface area contributed by atoms with Crippen molar-refractivity contribution < 1.29 is 9.47 Å². The molecule has 4 nitrogen and oxygen atoms in total. The Balaban J connectivity index is 1.92. The molecule has 4 heteroatoms. The summed E-state index contributed by atoms with van der Waals surface area (Å²) in [5.74, 6) is 1.91. The van der Waals surface area contributed by atoms with Gasteiger partial charge in [0, 0.05) is 19.0 Å². The van der Waals surface area contributed by atoms with Crippen molar-refractivity contribution in [2.24, 2.45) is 5.92 Å². The SMILES string of the molecule is N#C[C@@H]1CNC[C@@H]1c1ccc2c(c1)OCO2. The van der Waals surface area contributed by atoms with Crippen LogP contribution in [0.5, 0.6) is 11.5 Å². The number of hydrogen-bond donors (Lipinski definition) is 1. The predicted molar refractivity (Wildman–Crippen MR) is 57.3 cm³/mol. The van der Waals surface area contributed by atoms with E-state index >= 15 is 0 Å². The van der Waals surface area contributed by atoms with Crippen LogP contribution in [0.25, 0.3) is 0 Å². The minimum Gasteiger partial charge on any atom is -0.454 e. The van der Waals surface area contributed by atoms with Crippen molar-refractivity contribution in [3.63, 3.8) is 0 Å². The molecule has 1 fully saturated rings. The second-order valence-corrected chi connectivity index (χ2v) is 4.11. The van der Waals surface area contributed by atoms with E-state index in [2.05, 4.69) is 11.4 Å². The molecule has 1 aromatic rings. The van der Waals surface area contributed by atoms with Gasteiger partial charge in [-0.3, -0.25) is 0 Å². The highest BCUT2D eigenvalue weighted by atomic mass is 16.7. The van der Waals surface area contributed by atoms with Crippen LogP contribution in [0.3, 0.4) is 0 Å². The summed E-state index contributed by atoms with van der Waals surface area (Å²) in [7, 11) is 0. The first-order valence-corrected chi connectivity index (χ1v) is 5.38. The summed E-state index contributed by atoms with van der Waals surface area (Å²) in [5.41, 5.74) is 1.15. The summed E-state index contributed by atoms with van der Waals surface area (Å²) >= 11 is 0. The average molecular weight is 216 g/mol. The first-order valence-electron chi connectivity index (χ1n) is 5.38. The summed E-state index contributed by atoms with van der Waals surface area (Å²) in [6, 6.07) is 8.28. The number of nitrogens with zero attached hydrogens (tertiary/aromatic N) is 1. The van der Waals surface area contributed by atoms with Gasteiger partial charge in [0.25, 0.3) is 0 Å². The first-order chi connectivity index (χ1) is 7.88. The van der Waals surface area contributed by atoms with Gasteiger partial charge in [0.1, 0.15) is 0 Å². The van der Waals surface area contributed by atoms with Gasteiger partial charge in [0.15, 0.2) is 11.5 Å². The highest BCUT2D eigenvalue weighted by molar-refractivity contribution is 5.46. The highest BCUT2D eigenvalue weighted by Gasteiger charge is 2.29. The van der Waals surface area contributed by atoms with Crippen molar-refractivity contribution in [1.82, 2.24) is 5.32 Å². The summed E-state index contributed by atoms with van der Waals surface area (Å²) < 4.78 is 10.6. The van der Waals surface area contributed by atoms with Gasteiger partial charge in [-0.05, 0) is 17.7 Å². The molecule has 2 heterocycles. The molecular weight excluding hydrogens is 204 g/mol. The molecule has 2 atom stereocenters. The maximum atomic E-state index is 9.05. The molecule has 0 unspecified atom stereocenters. The van der Waals surface area contributed by atoms with Crippen molar-refractivity contribution in [3.05, 3.63) is 23.8 Å². The lowest BCUT2D eigenvalue weighted by atomic mass is 9.90. The minimum atomic E-state index is 0.0559. The fraction of sp³-hybridized carbons (Fsp3) is 0.417. The quantitative estimate of drug-likeness (QED) is 0.767. The van der Waals surface area contributed by atoms with E-state index < -0.39 is 0 Å². The van der Waals surface area contributed by atoms with Crippen molar-refractivity contribution in [2.75, 3.05) is 19.9 Å². The Morgan fingerprint density at radius 3 is 3.00 bits per heavy atom. The highest BCUT2D eigenvalue weighted by Crippen LogP contribution is 2.37. The molecule has 0 amide bonds. The molecule has 0 spiro atoms. The minimum absolute atomic E-state index is 0.0559. The molecule has 1 N–H and O–H groups in total. The first kappa shape index (κ1) is 9.49. The van der Waals surface area contributed by atoms with Gasteiger partial charge in [0.05, 0.1) is 12.0 Å². The molecule has 1 saturated heterocycles. The third kappa shape index (κ3) is 1.41. The van der Waals surface area contributed by atoms with E-state index in [0.717, 1.165) is 30.2 Å². The Hall–Kier alpha value is -1.73. The number of nitriles is 1. The molecule has 16 heavy (non-hydrogen) atoms. The van der Waals surface area contributed by atoms with Crippen LogP contribution in [0.4, 0.5) is 0 Å². The second kappa shape index (κ2) is 3.69. The van der Waals surface area contributed by atoms with Crippen molar-refractivity contribution >= 4 is 0 Å². The number of hydrogen-bond acceptors (Lipinski definition) is 4. The smallest absolute Gasteiger partial charge is 0.231 e. The van der Waals surface area contributed by atoms with Gasteiger partial charge in [-0.2, -0.15) is 5.26 Å². The molecular formula is C12H12N2O2. The van der Waals surface area contributed by atoms with Crippen LogP contribution >= 0.6 is 0 Å². The zero-order valence-corrected chi connectivity index (χ0v) is 8.77. The third-order valence-electron chi connectivity index (χ3n) is 3.20. The molecule has 0 saturated carbocycles. The average Bonchev–Trinajstić information content (AvgIpc) is 2.96. The zero-order valence-electron chi connectivity index (χ0n) is 8.77. The van der Waals surface area contributed by atoms with Crippen LogP contribution in [-0.2, 0) is 0 Å². The number of rotatable bonds is 1. The largest absolute Gasteiger partial charge is 0.454 e. The third-order valence-corrected chi connectivity index (χ3v) is 3.20. The zero-order chi connectivity index (χ0) is 11.0. The maximum Gasteiger partial charge on any atom is 0.231 e. The monoisotopic (exact) mass is 216 g/mol. The van der Waals surface area contributed by atoms with E-state index in [0.29, 0.717) is 6.79 Å². The van der Waals surface area contributed by atoms with Crippen molar-refractivity contribution in [2.45, 2.75) is 5.92 Å². The predicted octanol–water partition coefficient (Wildman–Crippen LogP) is 1.24. The second-order valence-electron chi connectivity index (χ2n) is 4.11. The Bertz CT molecular complexity index is 453. The van der Waals surface area contributed by atoms with Crippen LogP contribution in [0, 0.1) is 17.2 Å². The van der Waals surface area contributed by atoms with Gasteiger partial charge >= 0.3 is 0 Å². The standard InChI is InChI=1S/C12H12N2O2/c13-4-9-5-14-6-10(9)8-1-2-11-12(3-8)16-7-15-11/h1-3,9-10,14H,5-7H2/t9-,10-/m1/s1. The maximum absolute atomic E-state index is 9.05. The lowest BCUT2D eigenvalue weighted by Gasteiger charge is -2.12. The van der Waals surface area contributed by atoms with Gasteiger partial charge in [-0.15, -0.1) is 0 Å². The van der Waals surface area contributed by atoms with Gasteiger partial charge < -0.3 is 14.8 Å². The van der Waals surface area contributed by atoms with E-state index in [1.54, 1.807) is 0 Å². The Kier molecular flexibility index (Phi) is 2.19. The van der Waals surface area contributed by atoms with Crippen LogP contribution in [0.2, 0.25) is 0 Å². The normalized spacial score (nSPS) is 26.7. The molecule has 1 aromatic carbocycles. The summed E-state index contributed by atoms with van der Waals surface area (Å²) in [6.45, 7) is 1.93. The van der Waals surface area contributed by atoms with Gasteiger partial charge in [-0.1, -0.05) is 6.07 Å². The van der Waals surface area contributed by atoms with Crippen LogP contribution in [0.15, 0.2) is 18.2 Å². The Morgan fingerprint density at radius 1 is 1.25 bits per heavy atom. The van der Waals surface area contributed by atoms with E-state index in [1.165, 1.54) is 0 Å². The van der Waals surface area contributed by atoms with Crippen molar-refractivity contribution in [3.8, 4) is 17.6 Å².